The average molecular weight is 99.1 g/mol. The van der Waals surface area contributed by atoms with Crippen LogP contribution in [-0.4, -0.2) is 4.75 Å². The van der Waals surface area contributed by atoms with E-state index in [-0.39, 0.29) is 0 Å². The van der Waals surface area contributed by atoms with Crippen molar-refractivity contribution in [2.24, 2.45) is 0 Å². The van der Waals surface area contributed by atoms with Crippen molar-refractivity contribution < 1.29 is 0 Å². The highest BCUT2D eigenvalue weighted by atomic mass is 31.0. The zero-order valence-corrected chi connectivity index (χ0v) is 4.60. The molecule has 0 bridgehead atoms. The first-order valence-corrected chi connectivity index (χ1v) is 2.88. The monoisotopic (exact) mass is 99.0 g/mol. The zero-order chi connectivity index (χ0) is 4.41. The fourth-order valence-electron chi connectivity index (χ4n) is 0.334. The van der Waals surface area contributed by atoms with E-state index in [1.165, 1.54) is 0 Å². The summed E-state index contributed by atoms with van der Waals surface area (Å²) >= 11 is 0. The predicted molar refractivity (Wildman–Crippen MR) is 28.5 cm³/mol. The van der Waals surface area contributed by atoms with E-state index in [1.807, 2.05) is 13.0 Å². The van der Waals surface area contributed by atoms with Crippen LogP contribution in [-0.2, 0) is 0 Å². The molecule has 0 spiro atoms. The van der Waals surface area contributed by atoms with Crippen LogP contribution in [0.15, 0.2) is 11.9 Å². The lowest BCUT2D eigenvalue weighted by Gasteiger charge is -1.66. The molecular formula is C4H6NP. The first-order valence-electron chi connectivity index (χ1n) is 1.86. The number of aromatic nitrogens is 1. The first kappa shape index (κ1) is 3.89. The standard InChI is InChI=1S/C4H6NP/c1-4-2-3-6-5-4/h2-3,6H,1H3. The van der Waals surface area contributed by atoms with Crippen LogP contribution in [0, 0.1) is 6.92 Å². The molecule has 0 aliphatic carbocycles. The van der Waals surface area contributed by atoms with E-state index in [2.05, 4.69) is 10.5 Å². The van der Waals surface area contributed by atoms with Gasteiger partial charge in [0.15, 0.2) is 0 Å². The van der Waals surface area contributed by atoms with Crippen molar-refractivity contribution in [3.8, 4) is 0 Å². The van der Waals surface area contributed by atoms with E-state index in [0.717, 1.165) is 5.69 Å². The van der Waals surface area contributed by atoms with Crippen molar-refractivity contribution in [1.82, 2.24) is 4.75 Å². The van der Waals surface area contributed by atoms with Crippen LogP contribution in [0.3, 0.4) is 0 Å². The number of aryl methyl sites for hydroxylation is 1. The molecule has 0 aromatic carbocycles. The Hall–Kier alpha value is -0.290. The Labute approximate surface area is 38.6 Å². The highest BCUT2D eigenvalue weighted by molar-refractivity contribution is 7.24. The Balaban J connectivity index is 3.05. The van der Waals surface area contributed by atoms with Crippen molar-refractivity contribution in [3.05, 3.63) is 17.6 Å². The maximum absolute atomic E-state index is 4.07. The van der Waals surface area contributed by atoms with E-state index in [0.29, 0.717) is 8.35 Å². The molecule has 1 rings (SSSR count). The van der Waals surface area contributed by atoms with Gasteiger partial charge in [-0.25, -0.2) is 4.75 Å². The van der Waals surface area contributed by atoms with Gasteiger partial charge in [0, 0.05) is 5.69 Å². The topological polar surface area (TPSA) is 12.9 Å². The van der Waals surface area contributed by atoms with Crippen LogP contribution in [0.25, 0.3) is 0 Å². The third-order valence-electron chi connectivity index (χ3n) is 0.640. The molecule has 2 heteroatoms. The van der Waals surface area contributed by atoms with Crippen molar-refractivity contribution >= 4 is 8.35 Å². The molecule has 0 fully saturated rings. The van der Waals surface area contributed by atoms with Gasteiger partial charge in [0.2, 0.25) is 0 Å². The third-order valence-corrected chi connectivity index (χ3v) is 1.44. The molecule has 0 aliphatic rings. The largest absolute Gasteiger partial charge is 0.246 e. The summed E-state index contributed by atoms with van der Waals surface area (Å²) in [5.74, 6) is 2.08. The minimum absolute atomic E-state index is 0.696. The summed E-state index contributed by atoms with van der Waals surface area (Å²) in [6, 6.07) is 2.04. The van der Waals surface area contributed by atoms with Crippen molar-refractivity contribution in [2.45, 2.75) is 6.92 Å². The Morgan fingerprint density at radius 3 is 2.83 bits per heavy atom. The van der Waals surface area contributed by atoms with Gasteiger partial charge in [-0.2, -0.15) is 0 Å². The Morgan fingerprint density at radius 2 is 2.67 bits per heavy atom. The van der Waals surface area contributed by atoms with E-state index in [4.69, 9.17) is 0 Å². The van der Waals surface area contributed by atoms with E-state index in [1.54, 1.807) is 0 Å². The normalized spacial score (nSPS) is 10.2. The van der Waals surface area contributed by atoms with E-state index < -0.39 is 0 Å². The number of hydrogen-bond acceptors (Lipinski definition) is 1. The molecule has 0 radical (unpaired) electrons. The van der Waals surface area contributed by atoms with Gasteiger partial charge in [0.25, 0.3) is 0 Å². The summed E-state index contributed by atoms with van der Waals surface area (Å²) in [4.78, 5) is 0. The molecule has 0 aliphatic heterocycles. The smallest absolute Gasteiger partial charge is 0.0414 e. The molecule has 6 heavy (non-hydrogen) atoms. The van der Waals surface area contributed by atoms with Crippen LogP contribution < -0.4 is 0 Å². The SMILES string of the molecule is Cc1cc[pH]n1. The van der Waals surface area contributed by atoms with E-state index in [9.17, 15) is 0 Å². The Bertz CT molecular complexity index is 111. The minimum Gasteiger partial charge on any atom is -0.246 e. The molecule has 1 aromatic heterocycles. The number of nitrogens with zero attached hydrogens (tertiary/aromatic N) is 1. The first-order chi connectivity index (χ1) is 2.89. The van der Waals surface area contributed by atoms with Crippen LogP contribution in [0.5, 0.6) is 0 Å². The summed E-state index contributed by atoms with van der Waals surface area (Å²) in [5, 5.41) is 0. The molecule has 0 amide bonds. The zero-order valence-electron chi connectivity index (χ0n) is 3.60. The van der Waals surface area contributed by atoms with Gasteiger partial charge in [0.05, 0.1) is 0 Å². The molecule has 1 atom stereocenters. The second kappa shape index (κ2) is 1.44. The lowest BCUT2D eigenvalue weighted by molar-refractivity contribution is 1.35. The van der Waals surface area contributed by atoms with Gasteiger partial charge in [-0.15, -0.1) is 0 Å². The molecule has 1 nitrogen and oxygen atoms in total. The van der Waals surface area contributed by atoms with Crippen LogP contribution in [0.4, 0.5) is 0 Å². The summed E-state index contributed by atoms with van der Waals surface area (Å²) in [7, 11) is 0.696. The molecular weight excluding hydrogens is 93.0 g/mol. The number of rotatable bonds is 0. The third kappa shape index (κ3) is 0.605. The minimum atomic E-state index is 0.696. The summed E-state index contributed by atoms with van der Waals surface area (Å²) in [6.45, 7) is 2.01. The molecule has 32 valence electrons. The lowest BCUT2D eigenvalue weighted by Crippen LogP contribution is -1.57. The highest BCUT2D eigenvalue weighted by Crippen LogP contribution is 2.00. The number of hydrogen-bond donors (Lipinski definition) is 0. The molecule has 1 unspecified atom stereocenters. The molecule has 0 N–H and O–H groups in total. The van der Waals surface area contributed by atoms with Gasteiger partial charge in [-0.05, 0) is 27.1 Å². The van der Waals surface area contributed by atoms with Gasteiger partial charge in [-0.3, -0.25) is 0 Å². The van der Waals surface area contributed by atoms with Gasteiger partial charge in [0.1, 0.15) is 0 Å². The molecule has 0 saturated heterocycles. The molecule has 0 saturated carbocycles. The lowest BCUT2D eigenvalue weighted by atomic mass is 10.5. The Morgan fingerprint density at radius 1 is 1.83 bits per heavy atom. The quantitative estimate of drug-likeness (QED) is 0.479. The van der Waals surface area contributed by atoms with Crippen LogP contribution in [0.2, 0.25) is 0 Å². The van der Waals surface area contributed by atoms with E-state index >= 15 is 0 Å². The van der Waals surface area contributed by atoms with Crippen LogP contribution >= 0.6 is 8.35 Å². The van der Waals surface area contributed by atoms with Crippen molar-refractivity contribution in [1.29, 1.82) is 0 Å². The van der Waals surface area contributed by atoms with Gasteiger partial charge < -0.3 is 0 Å². The average Bonchev–Trinajstić information content (AvgIpc) is 1.86. The molecule has 1 aromatic rings. The maximum Gasteiger partial charge on any atom is 0.0414 e. The van der Waals surface area contributed by atoms with Crippen molar-refractivity contribution in [2.75, 3.05) is 0 Å². The molecule has 1 heterocycles. The van der Waals surface area contributed by atoms with Gasteiger partial charge >= 0.3 is 0 Å². The Kier molecular flexibility index (Phi) is 0.932. The second-order valence-corrected chi connectivity index (χ2v) is 2.03. The fourth-order valence-corrected chi connectivity index (χ4v) is 1.00. The van der Waals surface area contributed by atoms with Gasteiger partial charge in [-0.1, -0.05) is 0 Å². The maximum atomic E-state index is 4.07. The summed E-state index contributed by atoms with van der Waals surface area (Å²) < 4.78 is 4.07. The predicted octanol–water partition coefficient (Wildman–Crippen LogP) is 1.42. The summed E-state index contributed by atoms with van der Waals surface area (Å²) in [5.41, 5.74) is 1.16. The second-order valence-electron chi connectivity index (χ2n) is 1.22. The van der Waals surface area contributed by atoms with Crippen molar-refractivity contribution in [3.63, 3.8) is 0 Å². The van der Waals surface area contributed by atoms with Crippen LogP contribution in [0.1, 0.15) is 5.69 Å². The summed E-state index contributed by atoms with van der Waals surface area (Å²) in [6.07, 6.45) is 0. The fraction of sp³-hybridized carbons (Fsp3) is 0.250. The highest BCUT2D eigenvalue weighted by Gasteiger charge is 1.74.